The summed E-state index contributed by atoms with van der Waals surface area (Å²) in [4.78, 5) is 2.68. The van der Waals surface area contributed by atoms with Crippen LogP contribution in [0, 0.1) is 5.92 Å². The Hall–Kier alpha value is -1.02. The zero-order valence-corrected chi connectivity index (χ0v) is 11.4. The largest absolute Gasteiger partial charge is 0.399 e. The van der Waals surface area contributed by atoms with Gasteiger partial charge in [-0.15, -0.1) is 0 Å². The van der Waals surface area contributed by atoms with Crippen molar-refractivity contribution >= 4 is 5.69 Å². The first-order valence-electron chi connectivity index (χ1n) is 7.40. The molecule has 2 aliphatic rings. The number of rotatable bonds is 3. The fraction of sp³-hybridized carbons (Fsp3) is 0.625. The molecule has 98 valence electrons. The van der Waals surface area contributed by atoms with E-state index in [2.05, 4.69) is 30.0 Å². The van der Waals surface area contributed by atoms with Gasteiger partial charge in [0.25, 0.3) is 0 Å². The highest BCUT2D eigenvalue weighted by Crippen LogP contribution is 2.39. The molecule has 1 atom stereocenters. The van der Waals surface area contributed by atoms with E-state index >= 15 is 0 Å². The molecule has 0 amide bonds. The number of nitrogens with zero attached hydrogens (tertiary/aromatic N) is 1. The molecule has 0 radical (unpaired) electrons. The normalized spacial score (nSPS) is 24.6. The van der Waals surface area contributed by atoms with Crippen LogP contribution in [0.1, 0.15) is 49.8 Å². The van der Waals surface area contributed by atoms with Crippen molar-refractivity contribution in [3.8, 4) is 0 Å². The van der Waals surface area contributed by atoms with E-state index in [9.17, 15) is 0 Å². The third-order valence-corrected chi connectivity index (χ3v) is 4.57. The lowest BCUT2D eigenvalue weighted by molar-refractivity contribution is 0.0391. The van der Waals surface area contributed by atoms with Crippen LogP contribution in [0.3, 0.4) is 0 Å². The molecule has 0 bridgehead atoms. The van der Waals surface area contributed by atoms with E-state index in [1.165, 1.54) is 50.8 Å². The van der Waals surface area contributed by atoms with Crippen LogP contribution in [-0.2, 0) is 6.42 Å². The average Bonchev–Trinajstić information content (AvgIpc) is 2.32. The summed E-state index contributed by atoms with van der Waals surface area (Å²) in [5.74, 6) is 0.953. The van der Waals surface area contributed by atoms with Crippen LogP contribution >= 0.6 is 0 Å². The molecule has 1 aromatic rings. The van der Waals surface area contributed by atoms with Crippen molar-refractivity contribution in [3.05, 3.63) is 29.3 Å². The monoisotopic (exact) mass is 244 g/mol. The Balaban J connectivity index is 1.73. The minimum Gasteiger partial charge on any atom is -0.399 e. The molecule has 1 saturated heterocycles. The Labute approximate surface area is 110 Å². The zero-order chi connectivity index (χ0) is 12.5. The number of hydrogen-bond acceptors (Lipinski definition) is 2. The third kappa shape index (κ3) is 2.14. The Morgan fingerprint density at radius 2 is 2.17 bits per heavy atom. The van der Waals surface area contributed by atoms with Gasteiger partial charge in [-0.3, -0.25) is 4.90 Å². The molecule has 1 aliphatic heterocycles. The van der Waals surface area contributed by atoms with Gasteiger partial charge >= 0.3 is 0 Å². The highest BCUT2D eigenvalue weighted by Gasteiger charge is 2.34. The molecular weight excluding hydrogens is 220 g/mol. The highest BCUT2D eigenvalue weighted by molar-refractivity contribution is 5.46. The maximum atomic E-state index is 5.90. The summed E-state index contributed by atoms with van der Waals surface area (Å²) in [6.45, 7) is 4.91. The fourth-order valence-corrected chi connectivity index (χ4v) is 3.64. The summed E-state index contributed by atoms with van der Waals surface area (Å²) in [5.41, 5.74) is 9.85. The van der Waals surface area contributed by atoms with E-state index in [0.717, 1.165) is 11.6 Å². The molecule has 0 aromatic heterocycles. The standard InChI is InChI=1S/C16H24N2/c1-2-4-12-10-18(11-12)16-6-3-5-13-9-14(17)7-8-15(13)16/h7-9,12,16H,2-6,10-11,17H2,1H3. The number of hydrogen-bond donors (Lipinski definition) is 1. The molecule has 1 aliphatic carbocycles. The number of benzene rings is 1. The summed E-state index contributed by atoms with van der Waals surface area (Å²) in [6.07, 6.45) is 6.59. The van der Waals surface area contributed by atoms with Crippen molar-refractivity contribution in [2.24, 2.45) is 5.92 Å². The topological polar surface area (TPSA) is 29.3 Å². The van der Waals surface area contributed by atoms with Gasteiger partial charge in [-0.05, 0) is 54.9 Å². The first-order valence-corrected chi connectivity index (χ1v) is 7.40. The summed E-state index contributed by atoms with van der Waals surface area (Å²) >= 11 is 0. The lowest BCUT2D eigenvalue weighted by atomic mass is 9.83. The van der Waals surface area contributed by atoms with Gasteiger partial charge in [-0.2, -0.15) is 0 Å². The Morgan fingerprint density at radius 1 is 1.33 bits per heavy atom. The van der Waals surface area contributed by atoms with Crippen LogP contribution in [0.25, 0.3) is 0 Å². The van der Waals surface area contributed by atoms with Crippen LogP contribution in [-0.4, -0.2) is 18.0 Å². The predicted molar refractivity (Wildman–Crippen MR) is 76.5 cm³/mol. The van der Waals surface area contributed by atoms with E-state index in [-0.39, 0.29) is 0 Å². The van der Waals surface area contributed by atoms with Gasteiger partial charge in [0.15, 0.2) is 0 Å². The van der Waals surface area contributed by atoms with Gasteiger partial charge in [0.2, 0.25) is 0 Å². The maximum Gasteiger partial charge on any atom is 0.0351 e. The molecule has 1 aromatic carbocycles. The molecule has 1 heterocycles. The van der Waals surface area contributed by atoms with E-state index in [4.69, 9.17) is 5.73 Å². The highest BCUT2D eigenvalue weighted by atomic mass is 15.2. The van der Waals surface area contributed by atoms with E-state index in [0.29, 0.717) is 6.04 Å². The Bertz CT molecular complexity index is 421. The fourth-order valence-electron chi connectivity index (χ4n) is 3.64. The van der Waals surface area contributed by atoms with Crippen molar-refractivity contribution in [2.45, 2.75) is 45.1 Å². The van der Waals surface area contributed by atoms with Gasteiger partial charge in [0, 0.05) is 24.8 Å². The van der Waals surface area contributed by atoms with Gasteiger partial charge in [0.1, 0.15) is 0 Å². The summed E-state index contributed by atoms with van der Waals surface area (Å²) in [6, 6.07) is 7.19. The number of aryl methyl sites for hydroxylation is 1. The van der Waals surface area contributed by atoms with Crippen molar-refractivity contribution in [2.75, 3.05) is 18.8 Å². The minimum atomic E-state index is 0.669. The minimum absolute atomic E-state index is 0.669. The van der Waals surface area contributed by atoms with Crippen molar-refractivity contribution in [1.29, 1.82) is 0 Å². The molecule has 0 saturated carbocycles. The second-order valence-electron chi connectivity index (χ2n) is 5.97. The van der Waals surface area contributed by atoms with Gasteiger partial charge in [-0.1, -0.05) is 19.4 Å². The molecule has 2 heteroatoms. The van der Waals surface area contributed by atoms with Crippen LogP contribution in [0.4, 0.5) is 5.69 Å². The average molecular weight is 244 g/mol. The first kappa shape index (κ1) is 12.0. The van der Waals surface area contributed by atoms with Gasteiger partial charge < -0.3 is 5.73 Å². The van der Waals surface area contributed by atoms with E-state index < -0.39 is 0 Å². The second kappa shape index (κ2) is 4.93. The quantitative estimate of drug-likeness (QED) is 0.826. The molecule has 1 unspecified atom stereocenters. The van der Waals surface area contributed by atoms with Crippen molar-refractivity contribution in [3.63, 3.8) is 0 Å². The number of nitrogen functional groups attached to an aromatic ring is 1. The van der Waals surface area contributed by atoms with Crippen molar-refractivity contribution < 1.29 is 0 Å². The lowest BCUT2D eigenvalue weighted by Crippen LogP contribution is -2.49. The molecule has 18 heavy (non-hydrogen) atoms. The zero-order valence-electron chi connectivity index (χ0n) is 11.4. The predicted octanol–water partition coefficient (Wildman–Crippen LogP) is 3.38. The summed E-state index contributed by atoms with van der Waals surface area (Å²) in [7, 11) is 0. The van der Waals surface area contributed by atoms with Crippen LogP contribution in [0.15, 0.2) is 18.2 Å². The van der Waals surface area contributed by atoms with Crippen LogP contribution in [0.2, 0.25) is 0 Å². The molecular formula is C16H24N2. The number of anilines is 1. The maximum absolute atomic E-state index is 5.90. The van der Waals surface area contributed by atoms with E-state index in [1.54, 1.807) is 5.56 Å². The smallest absolute Gasteiger partial charge is 0.0351 e. The number of fused-ring (bicyclic) bond motifs is 1. The second-order valence-corrected chi connectivity index (χ2v) is 5.97. The van der Waals surface area contributed by atoms with E-state index in [1.807, 2.05) is 0 Å². The number of nitrogens with two attached hydrogens (primary N) is 1. The van der Waals surface area contributed by atoms with Crippen molar-refractivity contribution in [1.82, 2.24) is 4.90 Å². The Kier molecular flexibility index (Phi) is 3.29. The number of likely N-dealkylation sites (tertiary alicyclic amines) is 1. The van der Waals surface area contributed by atoms with Crippen LogP contribution in [0.5, 0.6) is 0 Å². The molecule has 1 fully saturated rings. The first-order chi connectivity index (χ1) is 8.78. The summed E-state index contributed by atoms with van der Waals surface area (Å²) in [5, 5.41) is 0. The molecule has 2 nitrogen and oxygen atoms in total. The molecule has 2 N–H and O–H groups in total. The van der Waals surface area contributed by atoms with Gasteiger partial charge in [0.05, 0.1) is 0 Å². The lowest BCUT2D eigenvalue weighted by Gasteiger charge is -2.46. The SMILES string of the molecule is CCCC1CN(C2CCCc3cc(N)ccc32)C1. The van der Waals surface area contributed by atoms with Crippen LogP contribution < -0.4 is 5.73 Å². The Morgan fingerprint density at radius 3 is 2.94 bits per heavy atom. The van der Waals surface area contributed by atoms with Gasteiger partial charge in [-0.25, -0.2) is 0 Å². The molecule has 0 spiro atoms. The summed E-state index contributed by atoms with van der Waals surface area (Å²) < 4.78 is 0. The third-order valence-electron chi connectivity index (χ3n) is 4.57. The molecule has 3 rings (SSSR count).